The van der Waals surface area contributed by atoms with Gasteiger partial charge in [-0.1, -0.05) is 12.8 Å². The van der Waals surface area contributed by atoms with Crippen LogP contribution in [0, 0.1) is 0 Å². The maximum absolute atomic E-state index is 12.6. The largest absolute Gasteiger partial charge is 0.339 e. The number of amides is 1. The minimum Gasteiger partial charge on any atom is -0.339 e. The molecule has 1 aliphatic heterocycles. The quantitative estimate of drug-likeness (QED) is 0.917. The van der Waals surface area contributed by atoms with Gasteiger partial charge in [-0.3, -0.25) is 4.79 Å². The normalized spacial score (nSPS) is 20.3. The van der Waals surface area contributed by atoms with E-state index in [-0.39, 0.29) is 16.8 Å². The molecule has 3 rings (SSSR count). The van der Waals surface area contributed by atoms with Crippen molar-refractivity contribution in [2.75, 3.05) is 13.1 Å². The SMILES string of the molecule is NS(=O)(=O)c1cc(C(=O)N2CCCC2)n(C2CCCC2)c1. The van der Waals surface area contributed by atoms with Crippen molar-refractivity contribution in [3.8, 4) is 0 Å². The summed E-state index contributed by atoms with van der Waals surface area (Å²) in [7, 11) is -3.78. The molecule has 7 heteroatoms. The number of primary sulfonamides is 1. The van der Waals surface area contributed by atoms with Gasteiger partial charge in [0, 0.05) is 25.3 Å². The molecule has 1 aliphatic carbocycles. The molecule has 116 valence electrons. The highest BCUT2D eigenvalue weighted by Crippen LogP contribution is 2.32. The first-order valence-corrected chi connectivity index (χ1v) is 9.05. The third-order valence-electron chi connectivity index (χ3n) is 4.48. The standard InChI is InChI=1S/C14H21N3O3S/c15-21(19,20)12-9-13(14(18)16-7-3-4-8-16)17(10-12)11-5-1-2-6-11/h9-11H,1-8H2,(H2,15,19,20). The molecule has 1 saturated heterocycles. The summed E-state index contributed by atoms with van der Waals surface area (Å²) in [6, 6.07) is 1.65. The fraction of sp³-hybridized carbons (Fsp3) is 0.643. The van der Waals surface area contributed by atoms with Crippen LogP contribution in [0.15, 0.2) is 17.2 Å². The fourth-order valence-corrected chi connectivity index (χ4v) is 3.88. The van der Waals surface area contributed by atoms with Gasteiger partial charge < -0.3 is 9.47 Å². The smallest absolute Gasteiger partial charge is 0.270 e. The van der Waals surface area contributed by atoms with Gasteiger partial charge in [-0.15, -0.1) is 0 Å². The van der Waals surface area contributed by atoms with Crippen LogP contribution in [0.25, 0.3) is 0 Å². The maximum Gasteiger partial charge on any atom is 0.270 e. The molecule has 2 fully saturated rings. The van der Waals surface area contributed by atoms with Gasteiger partial charge in [0.2, 0.25) is 10.0 Å². The summed E-state index contributed by atoms with van der Waals surface area (Å²) in [6.45, 7) is 1.50. The molecule has 1 aromatic rings. The Morgan fingerprint density at radius 1 is 1.14 bits per heavy atom. The predicted octanol–water partition coefficient (Wildman–Crippen LogP) is 1.49. The average molecular weight is 311 g/mol. The molecular formula is C14H21N3O3S. The molecule has 0 radical (unpaired) electrons. The summed E-state index contributed by atoms with van der Waals surface area (Å²) in [5.41, 5.74) is 0.466. The zero-order chi connectivity index (χ0) is 15.0. The Morgan fingerprint density at radius 3 is 2.33 bits per heavy atom. The maximum atomic E-state index is 12.6. The van der Waals surface area contributed by atoms with Crippen LogP contribution in [-0.2, 0) is 10.0 Å². The Balaban J connectivity index is 1.99. The first kappa shape index (κ1) is 14.6. The lowest BCUT2D eigenvalue weighted by Crippen LogP contribution is -2.30. The summed E-state index contributed by atoms with van der Waals surface area (Å²) in [5, 5.41) is 5.23. The number of hydrogen-bond donors (Lipinski definition) is 1. The van der Waals surface area contributed by atoms with Crippen molar-refractivity contribution in [1.29, 1.82) is 0 Å². The molecule has 0 spiro atoms. The van der Waals surface area contributed by atoms with E-state index in [2.05, 4.69) is 0 Å². The second kappa shape index (κ2) is 5.46. The van der Waals surface area contributed by atoms with E-state index >= 15 is 0 Å². The highest BCUT2D eigenvalue weighted by atomic mass is 32.2. The van der Waals surface area contributed by atoms with Crippen LogP contribution in [0.1, 0.15) is 55.1 Å². The highest BCUT2D eigenvalue weighted by Gasteiger charge is 2.28. The molecule has 2 N–H and O–H groups in total. The minimum atomic E-state index is -3.78. The molecule has 0 bridgehead atoms. The van der Waals surface area contributed by atoms with E-state index in [1.54, 1.807) is 4.90 Å². The molecule has 2 aliphatic rings. The van der Waals surface area contributed by atoms with Gasteiger partial charge in [0.15, 0.2) is 0 Å². The van der Waals surface area contributed by atoms with Crippen LogP contribution in [0.5, 0.6) is 0 Å². The topological polar surface area (TPSA) is 85.4 Å². The van der Waals surface area contributed by atoms with Gasteiger partial charge in [0.1, 0.15) is 10.6 Å². The third-order valence-corrected chi connectivity index (χ3v) is 5.36. The lowest BCUT2D eigenvalue weighted by Gasteiger charge is -2.20. The highest BCUT2D eigenvalue weighted by molar-refractivity contribution is 7.89. The molecule has 21 heavy (non-hydrogen) atoms. The molecule has 1 amide bonds. The van der Waals surface area contributed by atoms with Crippen LogP contribution in [0.2, 0.25) is 0 Å². The zero-order valence-electron chi connectivity index (χ0n) is 12.0. The van der Waals surface area contributed by atoms with Crippen molar-refractivity contribution in [3.05, 3.63) is 18.0 Å². The van der Waals surface area contributed by atoms with Gasteiger partial charge in [0.25, 0.3) is 5.91 Å². The van der Waals surface area contributed by atoms with Crippen LogP contribution >= 0.6 is 0 Å². The summed E-state index contributed by atoms with van der Waals surface area (Å²) in [5.74, 6) is -0.0747. The van der Waals surface area contributed by atoms with Gasteiger partial charge in [-0.05, 0) is 31.7 Å². The van der Waals surface area contributed by atoms with Gasteiger partial charge in [-0.25, -0.2) is 13.6 Å². The van der Waals surface area contributed by atoms with E-state index in [1.807, 2.05) is 4.57 Å². The first-order chi connectivity index (χ1) is 9.97. The number of aromatic nitrogens is 1. The molecule has 6 nitrogen and oxygen atoms in total. The summed E-state index contributed by atoms with van der Waals surface area (Å²) < 4.78 is 25.0. The molecule has 0 unspecified atom stereocenters. The van der Waals surface area contributed by atoms with E-state index in [1.165, 1.54) is 12.3 Å². The lowest BCUT2D eigenvalue weighted by atomic mass is 10.2. The van der Waals surface area contributed by atoms with E-state index in [0.29, 0.717) is 5.69 Å². The molecule has 1 aromatic heterocycles. The Bertz CT molecular complexity index is 638. The number of nitrogens with two attached hydrogens (primary N) is 1. The second-order valence-corrected chi connectivity index (χ2v) is 7.51. The Kier molecular flexibility index (Phi) is 3.79. The number of carbonyl (C=O) groups excluding carboxylic acids is 1. The molecule has 0 aromatic carbocycles. The number of hydrogen-bond acceptors (Lipinski definition) is 3. The van der Waals surface area contributed by atoms with Crippen molar-refractivity contribution in [1.82, 2.24) is 9.47 Å². The van der Waals surface area contributed by atoms with E-state index in [4.69, 9.17) is 5.14 Å². The van der Waals surface area contributed by atoms with Crippen molar-refractivity contribution in [2.45, 2.75) is 49.5 Å². The second-order valence-electron chi connectivity index (χ2n) is 5.95. The molecule has 0 atom stereocenters. The lowest BCUT2D eigenvalue weighted by molar-refractivity contribution is 0.0779. The number of carbonyl (C=O) groups is 1. The first-order valence-electron chi connectivity index (χ1n) is 7.51. The number of sulfonamides is 1. The number of likely N-dealkylation sites (tertiary alicyclic amines) is 1. The van der Waals surface area contributed by atoms with Crippen LogP contribution in [-0.4, -0.2) is 36.9 Å². The molecular weight excluding hydrogens is 290 g/mol. The zero-order valence-corrected chi connectivity index (χ0v) is 12.8. The Hall–Kier alpha value is -1.34. The monoisotopic (exact) mass is 311 g/mol. The van der Waals surface area contributed by atoms with Crippen molar-refractivity contribution < 1.29 is 13.2 Å². The minimum absolute atomic E-state index is 0.0388. The fourth-order valence-electron chi connectivity index (χ4n) is 3.35. The third kappa shape index (κ3) is 2.85. The summed E-state index contributed by atoms with van der Waals surface area (Å²) in [6.07, 6.45) is 7.76. The van der Waals surface area contributed by atoms with Gasteiger partial charge in [0.05, 0.1) is 0 Å². The van der Waals surface area contributed by atoms with Gasteiger partial charge >= 0.3 is 0 Å². The van der Waals surface area contributed by atoms with E-state index in [0.717, 1.165) is 51.6 Å². The average Bonchev–Trinajstić information content (AvgIpc) is 3.16. The van der Waals surface area contributed by atoms with Crippen LogP contribution < -0.4 is 5.14 Å². The predicted molar refractivity (Wildman–Crippen MR) is 78.4 cm³/mol. The summed E-state index contributed by atoms with van der Waals surface area (Å²) in [4.78, 5) is 14.5. The number of rotatable bonds is 3. The van der Waals surface area contributed by atoms with Crippen molar-refractivity contribution in [2.24, 2.45) is 5.14 Å². The molecule has 2 heterocycles. The van der Waals surface area contributed by atoms with E-state index < -0.39 is 10.0 Å². The van der Waals surface area contributed by atoms with Crippen LogP contribution in [0.4, 0.5) is 0 Å². The van der Waals surface area contributed by atoms with Crippen molar-refractivity contribution in [3.63, 3.8) is 0 Å². The van der Waals surface area contributed by atoms with Crippen LogP contribution in [0.3, 0.4) is 0 Å². The van der Waals surface area contributed by atoms with Crippen molar-refractivity contribution >= 4 is 15.9 Å². The molecule has 1 saturated carbocycles. The number of nitrogens with zero attached hydrogens (tertiary/aromatic N) is 2. The van der Waals surface area contributed by atoms with E-state index in [9.17, 15) is 13.2 Å². The summed E-state index contributed by atoms with van der Waals surface area (Å²) >= 11 is 0. The Labute approximate surface area is 125 Å². The van der Waals surface area contributed by atoms with Gasteiger partial charge in [-0.2, -0.15) is 0 Å². The Morgan fingerprint density at radius 2 is 1.76 bits per heavy atom.